The van der Waals surface area contributed by atoms with Crippen LogP contribution in [0.5, 0.6) is 11.5 Å². The third kappa shape index (κ3) is 7.32. The first-order valence-electron chi connectivity index (χ1n) is 16.7. The Morgan fingerprint density at radius 2 is 1.98 bits per heavy atom. The molecule has 3 heterocycles. The van der Waals surface area contributed by atoms with Gasteiger partial charge in [0.25, 0.3) is 0 Å². The number of aryl methyl sites for hydroxylation is 1. The summed E-state index contributed by atoms with van der Waals surface area (Å²) in [6, 6.07) is 7.67. The second kappa shape index (κ2) is 15.3. The van der Waals surface area contributed by atoms with Gasteiger partial charge in [0, 0.05) is 54.2 Å². The highest BCUT2D eigenvalue weighted by atomic mass is 127. The molecule has 1 fully saturated rings. The topological polar surface area (TPSA) is 128 Å². The van der Waals surface area contributed by atoms with Gasteiger partial charge in [-0.2, -0.15) is 5.10 Å². The van der Waals surface area contributed by atoms with Crippen molar-refractivity contribution in [3.8, 4) is 17.3 Å². The van der Waals surface area contributed by atoms with Gasteiger partial charge in [0.1, 0.15) is 17.0 Å². The molecular weight excluding hydrogens is 723 g/mol. The molecule has 2 aromatic heterocycles. The summed E-state index contributed by atoms with van der Waals surface area (Å²) < 4.78 is 14.2. The molecule has 12 heteroatoms. The zero-order chi connectivity index (χ0) is 34.6. The van der Waals surface area contributed by atoms with E-state index in [2.05, 4.69) is 59.2 Å². The molecular formula is C36H47IN6O5. The number of allylic oxidation sites excluding steroid dienone is 1. The Hall–Kier alpha value is -3.68. The van der Waals surface area contributed by atoms with E-state index in [1.165, 1.54) is 0 Å². The van der Waals surface area contributed by atoms with Crippen LogP contribution in [-0.2, 0) is 14.4 Å². The van der Waals surface area contributed by atoms with Gasteiger partial charge in [-0.3, -0.25) is 14.4 Å². The van der Waals surface area contributed by atoms with Crippen LogP contribution in [0.4, 0.5) is 0 Å². The molecule has 0 saturated heterocycles. The predicted molar refractivity (Wildman–Crippen MR) is 194 cm³/mol. The fourth-order valence-corrected chi connectivity index (χ4v) is 7.55. The molecule has 48 heavy (non-hydrogen) atoms. The van der Waals surface area contributed by atoms with Crippen molar-refractivity contribution in [1.82, 2.24) is 30.3 Å². The number of carbonyl (C=O) groups excluding carboxylic acids is 3. The van der Waals surface area contributed by atoms with Crippen molar-refractivity contribution < 1.29 is 23.9 Å². The molecule has 1 aromatic carbocycles. The second-order valence-electron chi connectivity index (χ2n) is 13.1. The minimum atomic E-state index is -0.986. The van der Waals surface area contributed by atoms with E-state index in [1.807, 2.05) is 37.4 Å². The Kier molecular flexibility index (Phi) is 11.3. The lowest BCUT2D eigenvalue weighted by atomic mass is 9.88. The SMILES string of the molecule is CNC(=O)[C@@]12C[C@H]1/C=C\CCCCN(C)C(=O)[C@H](CCOc1cc(-n3ccc(C(C)C)n3)nc3c(C)c(OC)ccc13)[C@@H](CI)C(=O)N2. The summed E-state index contributed by atoms with van der Waals surface area (Å²) in [4.78, 5) is 47.6. The number of amides is 3. The molecule has 1 saturated carbocycles. The summed E-state index contributed by atoms with van der Waals surface area (Å²) in [5.41, 5.74) is 1.57. The van der Waals surface area contributed by atoms with Gasteiger partial charge >= 0.3 is 0 Å². The van der Waals surface area contributed by atoms with Crippen molar-refractivity contribution in [2.24, 2.45) is 17.8 Å². The molecule has 1 aliphatic heterocycles. The van der Waals surface area contributed by atoms with Crippen LogP contribution in [0.15, 0.2) is 42.6 Å². The lowest BCUT2D eigenvalue weighted by Crippen LogP contribution is -2.53. The maximum absolute atomic E-state index is 14.0. The van der Waals surface area contributed by atoms with Gasteiger partial charge in [-0.1, -0.05) is 48.6 Å². The summed E-state index contributed by atoms with van der Waals surface area (Å²) in [6.07, 6.45) is 9.53. The van der Waals surface area contributed by atoms with Crippen molar-refractivity contribution in [3.63, 3.8) is 0 Å². The molecule has 11 nitrogen and oxygen atoms in total. The standard InChI is InChI=1S/C36H47IN6O5/c1-22(2)28-14-17-43(41-28)31-19-30(26-12-13-29(47-6)23(3)32(26)39-31)48-18-15-25-27(21-37)33(44)40-36(35(46)38-4)20-24(36)11-9-7-8-10-16-42(5)34(25)45/h9,11-14,17,19,22,24-25,27H,7-8,10,15-16,18,20-21H2,1-6H3,(H,38,46)(H,40,44)/b11-9-/t24-,25-,27-,36-/m1/s1. The third-order valence-electron chi connectivity index (χ3n) is 9.63. The number of nitrogens with zero attached hydrogens (tertiary/aromatic N) is 4. The number of fused-ring (bicyclic) bond motifs is 2. The van der Waals surface area contributed by atoms with E-state index in [4.69, 9.17) is 19.6 Å². The largest absolute Gasteiger partial charge is 0.496 e. The third-order valence-corrected chi connectivity index (χ3v) is 10.6. The number of methoxy groups -OCH3 is 1. The Bertz CT molecular complexity index is 1690. The number of likely N-dealkylation sites (N-methyl/N-ethyl adjacent to an activating group) is 1. The molecule has 4 atom stereocenters. The number of alkyl halides is 1. The summed E-state index contributed by atoms with van der Waals surface area (Å²) in [5.74, 6) is 0.240. The van der Waals surface area contributed by atoms with Crippen LogP contribution < -0.4 is 20.1 Å². The first-order chi connectivity index (χ1) is 23.0. The number of ether oxygens (including phenoxy) is 2. The molecule has 5 rings (SSSR count). The van der Waals surface area contributed by atoms with Crippen LogP contribution in [0.1, 0.15) is 63.1 Å². The van der Waals surface area contributed by atoms with Crippen LogP contribution in [0.25, 0.3) is 16.7 Å². The van der Waals surface area contributed by atoms with E-state index >= 15 is 0 Å². The van der Waals surface area contributed by atoms with Gasteiger partial charge in [-0.15, -0.1) is 0 Å². The van der Waals surface area contributed by atoms with Gasteiger partial charge in [0.15, 0.2) is 5.82 Å². The molecule has 2 N–H and O–H groups in total. The highest BCUT2D eigenvalue weighted by molar-refractivity contribution is 14.1. The molecule has 2 aliphatic rings. The van der Waals surface area contributed by atoms with Crippen LogP contribution in [0, 0.1) is 24.7 Å². The van der Waals surface area contributed by atoms with Crippen LogP contribution in [0.2, 0.25) is 0 Å². The normalized spacial score (nSPS) is 24.1. The zero-order valence-electron chi connectivity index (χ0n) is 28.7. The molecule has 3 amide bonds. The molecule has 258 valence electrons. The van der Waals surface area contributed by atoms with Crippen LogP contribution in [0.3, 0.4) is 0 Å². The highest BCUT2D eigenvalue weighted by Gasteiger charge is 2.60. The molecule has 0 radical (unpaired) electrons. The van der Waals surface area contributed by atoms with Gasteiger partial charge in [-0.25, -0.2) is 9.67 Å². The fraction of sp³-hybridized carbons (Fsp3) is 0.528. The minimum absolute atomic E-state index is 0.0676. The quantitative estimate of drug-likeness (QED) is 0.176. The number of nitrogens with one attached hydrogen (secondary N) is 2. The average Bonchev–Trinajstić information content (AvgIpc) is 3.52. The van der Waals surface area contributed by atoms with E-state index in [0.717, 1.165) is 41.4 Å². The fourth-order valence-electron chi connectivity index (χ4n) is 6.53. The monoisotopic (exact) mass is 770 g/mol. The summed E-state index contributed by atoms with van der Waals surface area (Å²) in [5, 5.41) is 11.4. The zero-order valence-corrected chi connectivity index (χ0v) is 30.9. The van der Waals surface area contributed by atoms with Crippen molar-refractivity contribution in [2.45, 2.75) is 64.3 Å². The number of benzene rings is 1. The lowest BCUT2D eigenvalue weighted by Gasteiger charge is -2.30. The maximum Gasteiger partial charge on any atom is 0.246 e. The average molecular weight is 771 g/mol. The number of pyridine rings is 1. The number of aromatic nitrogens is 3. The van der Waals surface area contributed by atoms with Gasteiger partial charge in [-0.05, 0) is 63.1 Å². The molecule has 1 aliphatic carbocycles. The smallest absolute Gasteiger partial charge is 0.246 e. The number of hydrogen-bond acceptors (Lipinski definition) is 7. The number of halogens is 1. The Labute approximate surface area is 296 Å². The van der Waals surface area contributed by atoms with E-state index in [0.29, 0.717) is 41.1 Å². The first-order valence-corrected chi connectivity index (χ1v) is 18.3. The lowest BCUT2D eigenvalue weighted by molar-refractivity contribution is -0.141. The Morgan fingerprint density at radius 3 is 2.67 bits per heavy atom. The Morgan fingerprint density at radius 1 is 1.19 bits per heavy atom. The van der Waals surface area contributed by atoms with Crippen LogP contribution in [-0.4, -0.2) is 81.7 Å². The van der Waals surface area contributed by atoms with E-state index < -0.39 is 17.4 Å². The van der Waals surface area contributed by atoms with Crippen molar-refractivity contribution in [2.75, 3.05) is 38.8 Å². The van der Waals surface area contributed by atoms with Crippen molar-refractivity contribution in [1.29, 1.82) is 0 Å². The molecule has 0 spiro atoms. The van der Waals surface area contributed by atoms with Crippen molar-refractivity contribution >= 4 is 51.2 Å². The van der Waals surface area contributed by atoms with Gasteiger partial charge in [0.2, 0.25) is 17.7 Å². The number of carbonyl (C=O) groups is 3. The summed E-state index contributed by atoms with van der Waals surface area (Å²) >= 11 is 2.18. The van der Waals surface area contributed by atoms with Gasteiger partial charge < -0.3 is 25.0 Å². The molecule has 0 bridgehead atoms. The van der Waals surface area contributed by atoms with Crippen LogP contribution >= 0.6 is 22.6 Å². The summed E-state index contributed by atoms with van der Waals surface area (Å²) in [6.45, 7) is 6.94. The minimum Gasteiger partial charge on any atom is -0.496 e. The maximum atomic E-state index is 14.0. The number of hydrogen-bond donors (Lipinski definition) is 2. The van der Waals surface area contributed by atoms with Gasteiger partial charge in [0.05, 0.1) is 36.8 Å². The van der Waals surface area contributed by atoms with E-state index in [-0.39, 0.29) is 36.2 Å². The second-order valence-corrected chi connectivity index (χ2v) is 14.0. The van der Waals surface area contributed by atoms with Crippen molar-refractivity contribution in [3.05, 3.63) is 53.9 Å². The van der Waals surface area contributed by atoms with E-state index in [1.54, 1.807) is 30.8 Å². The summed E-state index contributed by atoms with van der Waals surface area (Å²) in [7, 11) is 5.02. The van der Waals surface area contributed by atoms with E-state index in [9.17, 15) is 14.4 Å². The molecule has 3 aromatic rings. The molecule has 0 unspecified atom stereocenters. The first kappa shape index (κ1) is 35.6. The Balaban J connectivity index is 1.45. The number of rotatable bonds is 9. The highest BCUT2D eigenvalue weighted by Crippen LogP contribution is 2.45. The predicted octanol–water partition coefficient (Wildman–Crippen LogP) is 5.12.